The minimum Gasteiger partial charge on any atom is -0.353 e. The number of nitrogens with one attached hydrogen (secondary N) is 2. The molecule has 0 spiro atoms. The molecule has 0 aromatic heterocycles. The van der Waals surface area contributed by atoms with Crippen molar-refractivity contribution in [3.8, 4) is 0 Å². The predicted molar refractivity (Wildman–Crippen MR) is 97.2 cm³/mol. The van der Waals surface area contributed by atoms with Gasteiger partial charge >= 0.3 is 0 Å². The molecule has 2 rings (SSSR count). The van der Waals surface area contributed by atoms with Gasteiger partial charge in [-0.05, 0) is 43.2 Å². The summed E-state index contributed by atoms with van der Waals surface area (Å²) in [5.74, 6) is -0.00201. The van der Waals surface area contributed by atoms with E-state index in [4.69, 9.17) is 0 Å². The van der Waals surface area contributed by atoms with Crippen molar-refractivity contribution in [1.29, 1.82) is 0 Å². The fourth-order valence-electron chi connectivity index (χ4n) is 3.23. The summed E-state index contributed by atoms with van der Waals surface area (Å²) in [5, 5.41) is 6.07. The van der Waals surface area contributed by atoms with Gasteiger partial charge < -0.3 is 15.4 Å². The normalized spacial score (nSPS) is 19.9. The largest absolute Gasteiger partial charge is 0.353 e. The number of rotatable bonds is 8. The van der Waals surface area contributed by atoms with Crippen molar-refractivity contribution in [1.82, 2.24) is 10.6 Å². The summed E-state index contributed by atoms with van der Waals surface area (Å²) < 4.78 is 0. The Balaban J connectivity index is 1.69. The van der Waals surface area contributed by atoms with Crippen molar-refractivity contribution in [3.63, 3.8) is 0 Å². The zero-order valence-electron chi connectivity index (χ0n) is 14.9. The highest BCUT2D eigenvalue weighted by molar-refractivity contribution is 5.79. The fourth-order valence-corrected chi connectivity index (χ4v) is 3.23. The Morgan fingerprint density at radius 1 is 0.960 bits per heavy atom. The van der Waals surface area contributed by atoms with Crippen molar-refractivity contribution in [2.24, 2.45) is 0 Å². The van der Waals surface area contributed by atoms with Gasteiger partial charge in [0.1, 0.15) is 6.29 Å². The van der Waals surface area contributed by atoms with Gasteiger partial charge in [-0.25, -0.2) is 0 Å². The van der Waals surface area contributed by atoms with E-state index in [1.165, 1.54) is 5.56 Å². The number of amides is 2. The molecule has 5 nitrogen and oxygen atoms in total. The monoisotopic (exact) mass is 344 g/mol. The second-order valence-electron chi connectivity index (χ2n) is 6.74. The summed E-state index contributed by atoms with van der Waals surface area (Å²) in [6.07, 6.45) is 6.19. The molecule has 25 heavy (non-hydrogen) atoms. The van der Waals surface area contributed by atoms with Gasteiger partial charge in [-0.1, -0.05) is 31.2 Å². The SMILES string of the molecule is CCc1ccc(CC(=O)NC2CCC(NC(=O)CCC=O)CC2)cc1. The number of aryl methyl sites for hydroxylation is 1. The third-order valence-electron chi connectivity index (χ3n) is 4.74. The first kappa shape index (κ1) is 19.2. The van der Waals surface area contributed by atoms with Gasteiger partial charge in [-0.15, -0.1) is 0 Å². The van der Waals surface area contributed by atoms with Crippen molar-refractivity contribution in [2.45, 2.75) is 70.4 Å². The van der Waals surface area contributed by atoms with Crippen molar-refractivity contribution in [3.05, 3.63) is 35.4 Å². The Morgan fingerprint density at radius 2 is 1.48 bits per heavy atom. The first-order valence-electron chi connectivity index (χ1n) is 9.21. The number of aldehydes is 1. The van der Waals surface area contributed by atoms with Crippen molar-refractivity contribution >= 4 is 18.1 Å². The highest BCUT2D eigenvalue weighted by Crippen LogP contribution is 2.19. The molecule has 1 fully saturated rings. The lowest BCUT2D eigenvalue weighted by atomic mass is 9.91. The maximum Gasteiger partial charge on any atom is 0.224 e. The van der Waals surface area contributed by atoms with E-state index >= 15 is 0 Å². The molecule has 0 heterocycles. The standard InChI is InChI=1S/C20H28N2O3/c1-2-15-5-7-16(8-6-15)14-20(25)22-18-11-9-17(10-12-18)21-19(24)4-3-13-23/h5-8,13,17-18H,2-4,9-12,14H2,1H3,(H,21,24)(H,22,25). The number of carbonyl (C=O) groups excluding carboxylic acids is 3. The van der Waals surface area contributed by atoms with Crippen LogP contribution < -0.4 is 10.6 Å². The van der Waals surface area contributed by atoms with Crippen LogP contribution in [0, 0.1) is 0 Å². The van der Waals surface area contributed by atoms with Crippen LogP contribution in [0.3, 0.4) is 0 Å². The maximum atomic E-state index is 12.2. The molecule has 1 aliphatic rings. The van der Waals surface area contributed by atoms with E-state index in [1.54, 1.807) is 0 Å². The lowest BCUT2D eigenvalue weighted by molar-refractivity contribution is -0.124. The van der Waals surface area contributed by atoms with Crippen LogP contribution in [0.15, 0.2) is 24.3 Å². The van der Waals surface area contributed by atoms with Crippen LogP contribution >= 0.6 is 0 Å². The van der Waals surface area contributed by atoms with Gasteiger partial charge in [-0.2, -0.15) is 0 Å². The minimum atomic E-state index is -0.0601. The maximum absolute atomic E-state index is 12.2. The average Bonchev–Trinajstić information content (AvgIpc) is 2.62. The molecule has 0 unspecified atom stereocenters. The van der Waals surface area contributed by atoms with Crippen molar-refractivity contribution < 1.29 is 14.4 Å². The Morgan fingerprint density at radius 3 is 2.00 bits per heavy atom. The lowest BCUT2D eigenvalue weighted by Gasteiger charge is -2.29. The molecule has 1 aliphatic carbocycles. The van der Waals surface area contributed by atoms with Gasteiger partial charge in [-0.3, -0.25) is 9.59 Å². The smallest absolute Gasteiger partial charge is 0.224 e. The Bertz CT molecular complexity index is 575. The van der Waals surface area contributed by atoms with Crippen LogP contribution in [0.2, 0.25) is 0 Å². The second kappa shape index (κ2) is 9.97. The van der Waals surface area contributed by atoms with Crippen LogP contribution in [0.1, 0.15) is 56.6 Å². The molecule has 1 aromatic carbocycles. The summed E-state index contributed by atoms with van der Waals surface area (Å²) in [6.45, 7) is 2.11. The van der Waals surface area contributed by atoms with Crippen LogP contribution in [-0.4, -0.2) is 30.2 Å². The first-order valence-corrected chi connectivity index (χ1v) is 9.21. The summed E-state index contributed by atoms with van der Waals surface area (Å²) in [5.41, 5.74) is 2.31. The second-order valence-corrected chi connectivity index (χ2v) is 6.74. The van der Waals surface area contributed by atoms with E-state index in [9.17, 15) is 14.4 Å². The summed E-state index contributed by atoms with van der Waals surface area (Å²) in [6, 6.07) is 8.52. The van der Waals surface area contributed by atoms with Crippen molar-refractivity contribution in [2.75, 3.05) is 0 Å². The number of benzene rings is 1. The number of carbonyl (C=O) groups is 3. The minimum absolute atomic E-state index is 0.0581. The fraction of sp³-hybridized carbons (Fsp3) is 0.550. The number of hydrogen-bond donors (Lipinski definition) is 2. The number of hydrogen-bond acceptors (Lipinski definition) is 3. The van der Waals surface area contributed by atoms with Gasteiger partial charge in [0.05, 0.1) is 6.42 Å². The van der Waals surface area contributed by atoms with Gasteiger partial charge in [0.2, 0.25) is 11.8 Å². The molecule has 2 N–H and O–H groups in total. The predicted octanol–water partition coefficient (Wildman–Crippen LogP) is 2.31. The summed E-state index contributed by atoms with van der Waals surface area (Å²) >= 11 is 0. The average molecular weight is 344 g/mol. The lowest BCUT2D eigenvalue weighted by Crippen LogP contribution is -2.44. The van der Waals surface area contributed by atoms with Gasteiger partial charge in [0, 0.05) is 24.9 Å². The topological polar surface area (TPSA) is 75.3 Å². The molecule has 0 radical (unpaired) electrons. The molecule has 5 heteroatoms. The Hall–Kier alpha value is -2.17. The van der Waals surface area contributed by atoms with E-state index in [-0.39, 0.29) is 36.7 Å². The zero-order valence-corrected chi connectivity index (χ0v) is 14.9. The van der Waals surface area contributed by atoms with E-state index in [0.29, 0.717) is 6.42 Å². The Kier molecular flexibility index (Phi) is 7.64. The first-order chi connectivity index (χ1) is 12.1. The van der Waals surface area contributed by atoms with E-state index in [2.05, 4.69) is 29.7 Å². The van der Waals surface area contributed by atoms with Gasteiger partial charge in [0.15, 0.2) is 0 Å². The van der Waals surface area contributed by atoms with Crippen LogP contribution in [0.25, 0.3) is 0 Å². The quantitative estimate of drug-likeness (QED) is 0.711. The highest BCUT2D eigenvalue weighted by Gasteiger charge is 2.23. The molecule has 0 bridgehead atoms. The molecule has 0 aliphatic heterocycles. The van der Waals surface area contributed by atoms with E-state index in [1.807, 2.05) is 12.1 Å². The molecule has 136 valence electrons. The summed E-state index contributed by atoms with van der Waals surface area (Å²) in [4.78, 5) is 34.1. The Labute approximate surface area is 149 Å². The molecule has 2 amide bonds. The molecule has 1 aromatic rings. The molecular formula is C20H28N2O3. The third-order valence-corrected chi connectivity index (χ3v) is 4.74. The van der Waals surface area contributed by atoms with Crippen LogP contribution in [0.4, 0.5) is 0 Å². The molecular weight excluding hydrogens is 316 g/mol. The van der Waals surface area contributed by atoms with Gasteiger partial charge in [0.25, 0.3) is 0 Å². The van der Waals surface area contributed by atoms with E-state index < -0.39 is 0 Å². The van der Waals surface area contributed by atoms with E-state index in [0.717, 1.165) is 44.0 Å². The molecule has 0 saturated heterocycles. The molecule has 0 atom stereocenters. The zero-order chi connectivity index (χ0) is 18.1. The highest BCUT2D eigenvalue weighted by atomic mass is 16.2. The van der Waals surface area contributed by atoms with Crippen LogP contribution in [0.5, 0.6) is 0 Å². The third kappa shape index (κ3) is 6.69. The van der Waals surface area contributed by atoms with Crippen LogP contribution in [-0.2, 0) is 27.2 Å². The molecule has 1 saturated carbocycles. The summed E-state index contributed by atoms with van der Waals surface area (Å²) in [7, 11) is 0.